The zero-order valence-electron chi connectivity index (χ0n) is 21.0. The van der Waals surface area contributed by atoms with E-state index in [4.69, 9.17) is 9.72 Å². The van der Waals surface area contributed by atoms with Crippen molar-refractivity contribution in [3.63, 3.8) is 0 Å². The number of rotatable bonds is 2. The first kappa shape index (κ1) is 23.5. The number of aliphatic hydroxyl groups is 2. The fourth-order valence-electron chi connectivity index (χ4n) is 6.86. The molecule has 1 fully saturated rings. The van der Waals surface area contributed by atoms with Crippen molar-refractivity contribution in [2.24, 2.45) is 0 Å². The number of halogens is 1. The highest BCUT2D eigenvalue weighted by molar-refractivity contribution is 5.94. The minimum atomic E-state index is -1.95. The minimum absolute atomic E-state index is 0.0281. The summed E-state index contributed by atoms with van der Waals surface area (Å²) in [4.78, 5) is 45.6. The van der Waals surface area contributed by atoms with Crippen LogP contribution < -0.4 is 5.56 Å². The smallest absolute Gasteiger partial charge is 0.343 e. The third-order valence-electron chi connectivity index (χ3n) is 8.86. The monoisotopic (exact) mass is 519 g/mol. The Morgan fingerprint density at radius 3 is 2.71 bits per heavy atom. The Morgan fingerprint density at radius 1 is 1.21 bits per heavy atom. The summed E-state index contributed by atoms with van der Waals surface area (Å²) >= 11 is 0. The molecular weight excluding hydrogens is 493 g/mol. The fourth-order valence-corrected chi connectivity index (χ4v) is 6.86. The van der Waals surface area contributed by atoms with E-state index >= 15 is 4.39 Å². The van der Waals surface area contributed by atoms with Crippen LogP contribution in [0.2, 0.25) is 0 Å². The summed E-state index contributed by atoms with van der Waals surface area (Å²) < 4.78 is 21.7. The van der Waals surface area contributed by atoms with Gasteiger partial charge < -0.3 is 24.4 Å². The molecular formula is C28H26FN3O6. The number of aromatic nitrogens is 2. The van der Waals surface area contributed by atoms with Crippen LogP contribution in [0, 0.1) is 12.7 Å². The van der Waals surface area contributed by atoms with Crippen LogP contribution in [0.25, 0.3) is 22.3 Å². The van der Waals surface area contributed by atoms with Gasteiger partial charge in [-0.25, -0.2) is 14.2 Å². The summed E-state index contributed by atoms with van der Waals surface area (Å²) in [6.07, 6.45) is 0.446. The number of aliphatic hydroxyl groups excluding tert-OH is 1. The number of ether oxygens (including phenoxy) is 1. The SMILES string of the molecule is CC[C@@]1(O)C(=O)OCc2c1cc1n(c2=O)Cc2c-1nc1cc(F)c(C)c3c1c2[C@@H](N1CC(O)CC1=O)CC3. The Labute approximate surface area is 216 Å². The second-order valence-electron chi connectivity index (χ2n) is 10.8. The van der Waals surface area contributed by atoms with E-state index in [0.29, 0.717) is 35.3 Å². The minimum Gasteiger partial charge on any atom is -0.458 e. The molecule has 9 nitrogen and oxygen atoms in total. The summed E-state index contributed by atoms with van der Waals surface area (Å²) in [5.41, 5.74) is 2.41. The molecule has 1 amide bonds. The lowest BCUT2D eigenvalue weighted by Crippen LogP contribution is -2.44. The summed E-state index contributed by atoms with van der Waals surface area (Å²) in [5.74, 6) is -1.32. The number of pyridine rings is 2. The summed E-state index contributed by atoms with van der Waals surface area (Å²) in [5, 5.41) is 22.2. The van der Waals surface area contributed by atoms with Gasteiger partial charge in [0.2, 0.25) is 5.91 Å². The van der Waals surface area contributed by atoms with Crippen molar-refractivity contribution >= 4 is 22.8 Å². The lowest BCUT2D eigenvalue weighted by Gasteiger charge is -2.35. The molecule has 38 heavy (non-hydrogen) atoms. The quantitative estimate of drug-likeness (QED) is 0.389. The molecule has 196 valence electrons. The first-order valence-corrected chi connectivity index (χ1v) is 12.9. The maximum Gasteiger partial charge on any atom is 0.343 e. The van der Waals surface area contributed by atoms with E-state index in [1.54, 1.807) is 29.4 Å². The van der Waals surface area contributed by atoms with Gasteiger partial charge in [-0.05, 0) is 48.9 Å². The van der Waals surface area contributed by atoms with Crippen LogP contribution >= 0.6 is 0 Å². The van der Waals surface area contributed by atoms with E-state index in [1.165, 1.54) is 6.07 Å². The maximum absolute atomic E-state index is 15.0. The number of hydrogen-bond acceptors (Lipinski definition) is 7. The Hall–Kier alpha value is -3.63. The molecule has 2 aromatic heterocycles. The van der Waals surface area contributed by atoms with E-state index < -0.39 is 17.7 Å². The average Bonchev–Trinajstić information content (AvgIpc) is 3.43. The number of hydrogen-bond donors (Lipinski definition) is 2. The zero-order valence-corrected chi connectivity index (χ0v) is 21.0. The van der Waals surface area contributed by atoms with Crippen LogP contribution in [0.5, 0.6) is 0 Å². The number of cyclic esters (lactones) is 1. The Kier molecular flexibility index (Phi) is 4.76. The standard InChI is InChI=1S/C28H26FN3O6/c1-3-28(37)17-7-21-25-15(10-32(21)26(35)16(17)11-38-27(28)36)24-20(31-9-13(33)6-22(31)34)5-4-14-12(2)18(29)8-19(30-25)23(14)24/h7-8,13,20,33,37H,3-6,9-11H2,1-2H3/t13?,20-,28-/m0/s1. The van der Waals surface area contributed by atoms with Crippen molar-refractivity contribution in [3.05, 3.63) is 61.7 Å². The molecule has 1 saturated heterocycles. The van der Waals surface area contributed by atoms with Gasteiger partial charge in [0.15, 0.2) is 5.60 Å². The molecule has 5 heterocycles. The molecule has 1 aromatic carbocycles. The normalized spacial score (nSPS) is 25.4. The largest absolute Gasteiger partial charge is 0.458 e. The van der Waals surface area contributed by atoms with E-state index in [0.717, 1.165) is 22.1 Å². The molecule has 0 bridgehead atoms. The van der Waals surface area contributed by atoms with Crippen molar-refractivity contribution in [3.8, 4) is 11.4 Å². The number of aryl methyl sites for hydroxylation is 1. The van der Waals surface area contributed by atoms with Gasteiger partial charge in [0.05, 0.1) is 47.6 Å². The van der Waals surface area contributed by atoms with Gasteiger partial charge in [0.1, 0.15) is 12.4 Å². The number of amides is 1. The summed E-state index contributed by atoms with van der Waals surface area (Å²) in [6, 6.07) is 2.67. The molecule has 4 aliphatic rings. The molecule has 3 aliphatic heterocycles. The van der Waals surface area contributed by atoms with Crippen LogP contribution in [-0.2, 0) is 39.5 Å². The van der Waals surface area contributed by atoms with Crippen LogP contribution in [0.15, 0.2) is 16.9 Å². The van der Waals surface area contributed by atoms with Crippen molar-refractivity contribution in [2.75, 3.05) is 6.54 Å². The Bertz CT molecular complexity index is 1680. The molecule has 1 aliphatic carbocycles. The van der Waals surface area contributed by atoms with E-state index in [1.807, 2.05) is 0 Å². The first-order valence-electron chi connectivity index (χ1n) is 12.9. The number of fused-ring (bicyclic) bond motifs is 5. The maximum atomic E-state index is 15.0. The molecule has 0 saturated carbocycles. The molecule has 10 heteroatoms. The van der Waals surface area contributed by atoms with E-state index in [2.05, 4.69) is 0 Å². The van der Waals surface area contributed by atoms with Gasteiger partial charge in [-0.2, -0.15) is 0 Å². The number of β-amino-alcohol motifs (C(OH)–C–C–N with tert-alkyl or cyclic N) is 1. The molecule has 7 rings (SSSR count). The van der Waals surface area contributed by atoms with Crippen LogP contribution in [-0.4, -0.2) is 49.2 Å². The predicted molar refractivity (Wildman–Crippen MR) is 133 cm³/mol. The number of esters is 1. The van der Waals surface area contributed by atoms with Gasteiger partial charge in [-0.3, -0.25) is 9.59 Å². The average molecular weight is 520 g/mol. The summed E-state index contributed by atoms with van der Waals surface area (Å²) in [7, 11) is 0. The summed E-state index contributed by atoms with van der Waals surface area (Å²) in [6.45, 7) is 3.55. The Balaban J connectivity index is 1.53. The van der Waals surface area contributed by atoms with Crippen molar-refractivity contribution in [1.82, 2.24) is 14.5 Å². The highest BCUT2D eigenvalue weighted by Gasteiger charge is 2.46. The van der Waals surface area contributed by atoms with Gasteiger partial charge in [-0.1, -0.05) is 6.92 Å². The molecule has 3 aromatic rings. The lowest BCUT2D eigenvalue weighted by molar-refractivity contribution is -0.172. The molecule has 3 atom stereocenters. The third kappa shape index (κ3) is 2.87. The first-order chi connectivity index (χ1) is 18.1. The number of carbonyl (C=O) groups is 2. The highest BCUT2D eigenvalue weighted by Crippen LogP contribution is 2.48. The molecule has 1 unspecified atom stereocenters. The van der Waals surface area contributed by atoms with Crippen LogP contribution in [0.1, 0.15) is 65.6 Å². The van der Waals surface area contributed by atoms with Gasteiger partial charge >= 0.3 is 5.97 Å². The zero-order chi connectivity index (χ0) is 26.7. The van der Waals surface area contributed by atoms with Crippen molar-refractivity contribution in [1.29, 1.82) is 0 Å². The second-order valence-corrected chi connectivity index (χ2v) is 10.8. The number of benzene rings is 1. The molecule has 0 radical (unpaired) electrons. The number of carbonyl (C=O) groups excluding carboxylic acids is 2. The third-order valence-corrected chi connectivity index (χ3v) is 8.86. The van der Waals surface area contributed by atoms with Gasteiger partial charge in [0.25, 0.3) is 5.56 Å². The molecule has 0 spiro atoms. The second kappa shape index (κ2) is 7.70. The van der Waals surface area contributed by atoms with Crippen LogP contribution in [0.3, 0.4) is 0 Å². The van der Waals surface area contributed by atoms with E-state index in [-0.39, 0.29) is 67.0 Å². The molecule has 2 N–H and O–H groups in total. The van der Waals surface area contributed by atoms with Gasteiger partial charge in [-0.15, -0.1) is 0 Å². The topological polar surface area (TPSA) is 122 Å². The van der Waals surface area contributed by atoms with Crippen molar-refractivity contribution in [2.45, 2.75) is 70.4 Å². The fraction of sp³-hybridized carbons (Fsp3) is 0.429. The highest BCUT2D eigenvalue weighted by atomic mass is 19.1. The Morgan fingerprint density at radius 2 is 2.00 bits per heavy atom. The number of nitrogens with zero attached hydrogens (tertiary/aromatic N) is 3. The van der Waals surface area contributed by atoms with E-state index in [9.17, 15) is 24.6 Å². The predicted octanol–water partition coefficient (Wildman–Crippen LogP) is 2.11. The number of likely N-dealkylation sites (tertiary alicyclic amines) is 1. The van der Waals surface area contributed by atoms with Crippen LogP contribution in [0.4, 0.5) is 4.39 Å². The van der Waals surface area contributed by atoms with Gasteiger partial charge in [0, 0.05) is 29.1 Å². The lowest BCUT2D eigenvalue weighted by atomic mass is 9.81. The van der Waals surface area contributed by atoms with Crippen molar-refractivity contribution < 1.29 is 28.9 Å².